The predicted molar refractivity (Wildman–Crippen MR) is 81.4 cm³/mol. The number of hydrogen-bond acceptors (Lipinski definition) is 5. The largest absolute Gasteiger partial charge is 0.376 e. The smallest absolute Gasteiger partial charge is 0.256 e. The minimum atomic E-state index is -0.0332. The van der Waals surface area contributed by atoms with Crippen molar-refractivity contribution in [2.75, 3.05) is 32.1 Å². The van der Waals surface area contributed by atoms with Crippen LogP contribution in [0.15, 0.2) is 12.4 Å². The summed E-state index contributed by atoms with van der Waals surface area (Å²) in [6.07, 6.45) is 7.67. The van der Waals surface area contributed by atoms with Gasteiger partial charge in [0.1, 0.15) is 0 Å². The van der Waals surface area contributed by atoms with Gasteiger partial charge in [0, 0.05) is 39.1 Å². The lowest BCUT2D eigenvalue weighted by Crippen LogP contribution is -2.28. The van der Waals surface area contributed by atoms with Crippen molar-refractivity contribution in [1.29, 1.82) is 0 Å². The van der Waals surface area contributed by atoms with Gasteiger partial charge in [0.05, 0.1) is 11.7 Å². The zero-order chi connectivity index (χ0) is 15.1. The summed E-state index contributed by atoms with van der Waals surface area (Å²) < 4.78 is 5.53. The minimum absolute atomic E-state index is 0.0332. The molecule has 0 aromatic carbocycles. The fourth-order valence-corrected chi connectivity index (χ4v) is 2.26. The molecule has 0 aliphatic carbocycles. The molecule has 1 saturated heterocycles. The van der Waals surface area contributed by atoms with Crippen molar-refractivity contribution in [1.82, 2.24) is 14.9 Å². The first-order chi connectivity index (χ1) is 10.2. The van der Waals surface area contributed by atoms with Gasteiger partial charge in [-0.1, -0.05) is 13.3 Å². The maximum absolute atomic E-state index is 12.1. The first-order valence-corrected chi connectivity index (χ1v) is 7.63. The highest BCUT2D eigenvalue weighted by atomic mass is 16.5. The fourth-order valence-electron chi connectivity index (χ4n) is 2.26. The van der Waals surface area contributed by atoms with Crippen LogP contribution in [-0.2, 0) is 4.74 Å². The Balaban J connectivity index is 1.84. The third kappa shape index (κ3) is 4.67. The molecule has 1 aromatic heterocycles. The Morgan fingerprint density at radius 2 is 2.24 bits per heavy atom. The van der Waals surface area contributed by atoms with Crippen LogP contribution in [0, 0.1) is 0 Å². The van der Waals surface area contributed by atoms with Crippen LogP contribution in [0.3, 0.4) is 0 Å². The lowest BCUT2D eigenvalue weighted by molar-refractivity contribution is 0.0792. The Labute approximate surface area is 125 Å². The molecule has 6 heteroatoms. The number of unbranched alkanes of at least 4 members (excludes halogenated alkanes) is 1. The van der Waals surface area contributed by atoms with E-state index in [1.807, 2.05) is 7.05 Å². The van der Waals surface area contributed by atoms with E-state index in [-0.39, 0.29) is 12.0 Å². The van der Waals surface area contributed by atoms with Crippen LogP contribution in [0.4, 0.5) is 5.95 Å². The highest BCUT2D eigenvalue weighted by molar-refractivity contribution is 5.93. The number of aromatic nitrogens is 2. The molecule has 1 amide bonds. The molecule has 0 bridgehead atoms. The van der Waals surface area contributed by atoms with E-state index >= 15 is 0 Å². The lowest BCUT2D eigenvalue weighted by atomic mass is 10.2. The molecule has 1 aromatic rings. The molecule has 1 unspecified atom stereocenters. The Hall–Kier alpha value is -1.69. The summed E-state index contributed by atoms with van der Waals surface area (Å²) in [7, 11) is 1.81. The highest BCUT2D eigenvalue weighted by Crippen LogP contribution is 2.12. The van der Waals surface area contributed by atoms with Crippen LogP contribution in [0.1, 0.15) is 43.0 Å². The second-order valence-electron chi connectivity index (χ2n) is 5.39. The molecule has 0 spiro atoms. The molecule has 1 aliphatic heterocycles. The molecule has 2 rings (SSSR count). The summed E-state index contributed by atoms with van der Waals surface area (Å²) in [6.45, 7) is 4.42. The summed E-state index contributed by atoms with van der Waals surface area (Å²) in [6, 6.07) is 0. The van der Waals surface area contributed by atoms with Gasteiger partial charge in [-0.25, -0.2) is 9.97 Å². The number of anilines is 1. The van der Waals surface area contributed by atoms with Gasteiger partial charge in [0.25, 0.3) is 5.91 Å². The van der Waals surface area contributed by atoms with Gasteiger partial charge < -0.3 is 15.0 Å². The van der Waals surface area contributed by atoms with Crippen LogP contribution in [0.25, 0.3) is 0 Å². The van der Waals surface area contributed by atoms with Crippen LogP contribution >= 0.6 is 0 Å². The highest BCUT2D eigenvalue weighted by Gasteiger charge is 2.16. The number of nitrogens with zero attached hydrogens (tertiary/aromatic N) is 3. The molecular formula is C15H24N4O2. The van der Waals surface area contributed by atoms with E-state index in [4.69, 9.17) is 4.74 Å². The number of amides is 1. The molecule has 0 radical (unpaired) electrons. The number of nitrogens with one attached hydrogen (secondary N) is 1. The summed E-state index contributed by atoms with van der Waals surface area (Å²) in [4.78, 5) is 22.2. The molecule has 116 valence electrons. The van der Waals surface area contributed by atoms with Crippen molar-refractivity contribution in [3.05, 3.63) is 18.0 Å². The van der Waals surface area contributed by atoms with Gasteiger partial charge in [-0.05, 0) is 19.3 Å². The van der Waals surface area contributed by atoms with Crippen molar-refractivity contribution < 1.29 is 9.53 Å². The Morgan fingerprint density at radius 1 is 1.48 bits per heavy atom. The third-order valence-corrected chi connectivity index (χ3v) is 3.60. The van der Waals surface area contributed by atoms with E-state index in [0.29, 0.717) is 18.1 Å². The molecule has 1 N–H and O–H groups in total. The number of carbonyl (C=O) groups excluding carboxylic acids is 1. The molecule has 21 heavy (non-hydrogen) atoms. The Bertz CT molecular complexity index is 443. The molecule has 1 atom stereocenters. The van der Waals surface area contributed by atoms with E-state index < -0.39 is 0 Å². The van der Waals surface area contributed by atoms with Gasteiger partial charge in [-0.15, -0.1) is 0 Å². The second kappa shape index (κ2) is 7.93. The summed E-state index contributed by atoms with van der Waals surface area (Å²) in [5, 5.41) is 3.14. The topological polar surface area (TPSA) is 67.4 Å². The normalized spacial score (nSPS) is 17.7. The lowest BCUT2D eigenvalue weighted by Gasteiger charge is -2.16. The van der Waals surface area contributed by atoms with Crippen LogP contribution in [0.2, 0.25) is 0 Å². The van der Waals surface area contributed by atoms with Gasteiger partial charge in [-0.3, -0.25) is 4.79 Å². The number of ether oxygens (including phenoxy) is 1. The molecular weight excluding hydrogens is 268 g/mol. The van der Waals surface area contributed by atoms with Crippen molar-refractivity contribution >= 4 is 11.9 Å². The summed E-state index contributed by atoms with van der Waals surface area (Å²) in [5.41, 5.74) is 0.524. The van der Waals surface area contributed by atoms with E-state index in [0.717, 1.165) is 38.8 Å². The molecule has 0 saturated carbocycles. The van der Waals surface area contributed by atoms with Crippen LogP contribution in [0.5, 0.6) is 0 Å². The monoisotopic (exact) mass is 292 g/mol. The van der Waals surface area contributed by atoms with Gasteiger partial charge in [0.2, 0.25) is 5.95 Å². The maximum Gasteiger partial charge on any atom is 0.256 e. The molecule has 6 nitrogen and oxygen atoms in total. The second-order valence-corrected chi connectivity index (χ2v) is 5.39. The number of rotatable bonds is 7. The Kier molecular flexibility index (Phi) is 5.92. The SMILES string of the molecule is CCCCN(C)C(=O)c1cnc(NCC2CCCO2)nc1. The zero-order valence-corrected chi connectivity index (χ0v) is 12.8. The fraction of sp³-hybridized carbons (Fsp3) is 0.667. The zero-order valence-electron chi connectivity index (χ0n) is 12.8. The van der Waals surface area contributed by atoms with Gasteiger partial charge >= 0.3 is 0 Å². The van der Waals surface area contributed by atoms with Crippen molar-refractivity contribution in [3.8, 4) is 0 Å². The van der Waals surface area contributed by atoms with Crippen LogP contribution in [-0.4, -0.2) is 53.6 Å². The first kappa shape index (κ1) is 15.7. The van der Waals surface area contributed by atoms with E-state index in [9.17, 15) is 4.79 Å². The average molecular weight is 292 g/mol. The van der Waals surface area contributed by atoms with Gasteiger partial charge in [-0.2, -0.15) is 0 Å². The van der Waals surface area contributed by atoms with Crippen LogP contribution < -0.4 is 5.32 Å². The van der Waals surface area contributed by atoms with Crippen molar-refractivity contribution in [3.63, 3.8) is 0 Å². The van der Waals surface area contributed by atoms with Gasteiger partial charge in [0.15, 0.2) is 0 Å². The summed E-state index contributed by atoms with van der Waals surface area (Å²) in [5.74, 6) is 0.507. The Morgan fingerprint density at radius 3 is 2.86 bits per heavy atom. The first-order valence-electron chi connectivity index (χ1n) is 7.63. The van der Waals surface area contributed by atoms with Crippen molar-refractivity contribution in [2.45, 2.75) is 38.7 Å². The average Bonchev–Trinajstić information content (AvgIpc) is 3.04. The molecule has 2 heterocycles. The molecule has 1 fully saturated rings. The summed E-state index contributed by atoms with van der Waals surface area (Å²) >= 11 is 0. The molecule has 1 aliphatic rings. The number of hydrogen-bond donors (Lipinski definition) is 1. The van der Waals surface area contributed by atoms with Crippen molar-refractivity contribution in [2.24, 2.45) is 0 Å². The van der Waals surface area contributed by atoms with E-state index in [1.54, 1.807) is 17.3 Å². The third-order valence-electron chi connectivity index (χ3n) is 3.60. The van der Waals surface area contributed by atoms with E-state index in [1.165, 1.54) is 0 Å². The number of carbonyl (C=O) groups is 1. The minimum Gasteiger partial charge on any atom is -0.376 e. The predicted octanol–water partition coefficient (Wildman–Crippen LogP) is 1.94. The maximum atomic E-state index is 12.1. The quantitative estimate of drug-likeness (QED) is 0.832. The standard InChI is InChI=1S/C15H24N4O2/c1-3-4-7-19(2)14(20)12-9-16-15(17-10-12)18-11-13-6-5-8-21-13/h9-10,13H,3-8,11H2,1-2H3,(H,16,17,18). The van der Waals surface area contributed by atoms with E-state index in [2.05, 4.69) is 22.2 Å².